The minimum Gasteiger partial charge on any atom is -0.330 e. The topological polar surface area (TPSA) is 60.2 Å². The molecule has 0 atom stereocenters. The predicted octanol–water partition coefficient (Wildman–Crippen LogP) is 0.274. The van der Waals surface area contributed by atoms with Gasteiger partial charge in [0.05, 0.1) is 0 Å². The molecule has 0 rings (SSSR count). The molecule has 0 aliphatic carbocycles. The van der Waals surface area contributed by atoms with Gasteiger partial charge < -0.3 is 5.73 Å². The maximum absolute atomic E-state index is 10.6. The van der Waals surface area contributed by atoms with Crippen LogP contribution in [0.4, 0.5) is 0 Å². The Morgan fingerprint density at radius 2 is 1.90 bits per heavy atom. The molecule has 3 heteroatoms. The Hall–Kier alpha value is -0.700. The van der Waals surface area contributed by atoms with E-state index in [1.165, 1.54) is 6.92 Å². The molecule has 0 saturated heterocycles. The lowest BCUT2D eigenvalue weighted by atomic mass is 10.1. The zero-order chi connectivity index (χ0) is 7.98. The molecular weight excluding hydrogens is 130 g/mol. The first-order valence-electron chi connectivity index (χ1n) is 3.42. The summed E-state index contributed by atoms with van der Waals surface area (Å²) in [5, 5.41) is 0. The second-order valence-electron chi connectivity index (χ2n) is 2.23. The molecule has 0 amide bonds. The van der Waals surface area contributed by atoms with Crippen molar-refractivity contribution in [1.82, 2.24) is 0 Å². The number of Topliss-reactive ketones (excluding diaryl/α,β-unsaturated/α-hetero) is 2. The third kappa shape index (κ3) is 4.21. The molecule has 0 aromatic heterocycles. The van der Waals surface area contributed by atoms with E-state index in [0.717, 1.165) is 12.8 Å². The van der Waals surface area contributed by atoms with Gasteiger partial charge in [-0.05, 0) is 19.4 Å². The van der Waals surface area contributed by atoms with Crippen LogP contribution in [0.2, 0.25) is 0 Å². The molecule has 0 saturated carbocycles. The van der Waals surface area contributed by atoms with Gasteiger partial charge >= 0.3 is 0 Å². The molecule has 0 aliphatic heterocycles. The lowest BCUT2D eigenvalue weighted by Crippen LogP contribution is -2.09. The van der Waals surface area contributed by atoms with E-state index in [1.54, 1.807) is 0 Å². The molecule has 0 fully saturated rings. The fourth-order valence-corrected chi connectivity index (χ4v) is 0.606. The van der Waals surface area contributed by atoms with Crippen LogP contribution in [0, 0.1) is 0 Å². The fourth-order valence-electron chi connectivity index (χ4n) is 0.606. The second kappa shape index (κ2) is 5.11. The lowest BCUT2D eigenvalue weighted by molar-refractivity contribution is -0.135. The van der Waals surface area contributed by atoms with Crippen molar-refractivity contribution < 1.29 is 9.59 Å². The van der Waals surface area contributed by atoms with Crippen molar-refractivity contribution in [3.05, 3.63) is 0 Å². The number of unbranched alkanes of at least 4 members (excludes halogenated alkanes) is 1. The van der Waals surface area contributed by atoms with Crippen molar-refractivity contribution in [3.8, 4) is 0 Å². The largest absolute Gasteiger partial charge is 0.330 e. The molecule has 0 aromatic rings. The van der Waals surface area contributed by atoms with Gasteiger partial charge in [0.1, 0.15) is 0 Å². The number of carbonyl (C=O) groups excluding carboxylic acids is 2. The van der Waals surface area contributed by atoms with Gasteiger partial charge in [-0.2, -0.15) is 0 Å². The first-order valence-corrected chi connectivity index (χ1v) is 3.42. The average molecular weight is 143 g/mol. The first-order chi connectivity index (χ1) is 4.68. The highest BCUT2D eigenvalue weighted by Crippen LogP contribution is 1.94. The summed E-state index contributed by atoms with van der Waals surface area (Å²) in [5.41, 5.74) is 5.19. The number of ketones is 2. The number of rotatable bonds is 5. The summed E-state index contributed by atoms with van der Waals surface area (Å²) >= 11 is 0. The summed E-state index contributed by atoms with van der Waals surface area (Å²) < 4.78 is 0. The molecule has 0 heterocycles. The van der Waals surface area contributed by atoms with Crippen LogP contribution >= 0.6 is 0 Å². The van der Waals surface area contributed by atoms with Crippen LogP contribution in [0.5, 0.6) is 0 Å². The average Bonchev–Trinajstić information content (AvgIpc) is 1.88. The highest BCUT2D eigenvalue weighted by Gasteiger charge is 2.05. The molecule has 0 aliphatic rings. The summed E-state index contributed by atoms with van der Waals surface area (Å²) in [6.45, 7) is 1.88. The molecule has 0 bridgehead atoms. The van der Waals surface area contributed by atoms with Gasteiger partial charge in [0.15, 0.2) is 11.6 Å². The van der Waals surface area contributed by atoms with Crippen LogP contribution < -0.4 is 5.73 Å². The predicted molar refractivity (Wildman–Crippen MR) is 38.6 cm³/mol. The van der Waals surface area contributed by atoms with Crippen LogP contribution in [0.25, 0.3) is 0 Å². The highest BCUT2D eigenvalue weighted by molar-refractivity contribution is 6.36. The summed E-state index contributed by atoms with van der Waals surface area (Å²) in [4.78, 5) is 21.0. The molecule has 0 aromatic carbocycles. The molecule has 58 valence electrons. The molecule has 0 unspecified atom stereocenters. The number of hydrogen-bond donors (Lipinski definition) is 1. The Kier molecular flexibility index (Phi) is 4.76. The Morgan fingerprint density at radius 3 is 2.30 bits per heavy atom. The van der Waals surface area contributed by atoms with Crippen LogP contribution in [0.1, 0.15) is 26.2 Å². The zero-order valence-corrected chi connectivity index (χ0v) is 6.22. The van der Waals surface area contributed by atoms with E-state index in [9.17, 15) is 9.59 Å². The van der Waals surface area contributed by atoms with Gasteiger partial charge in [0.2, 0.25) is 0 Å². The van der Waals surface area contributed by atoms with Gasteiger partial charge in [-0.15, -0.1) is 0 Å². The number of hydrogen-bond acceptors (Lipinski definition) is 3. The van der Waals surface area contributed by atoms with Gasteiger partial charge in [0, 0.05) is 13.3 Å². The van der Waals surface area contributed by atoms with E-state index in [2.05, 4.69) is 0 Å². The van der Waals surface area contributed by atoms with E-state index >= 15 is 0 Å². The van der Waals surface area contributed by atoms with Gasteiger partial charge in [-0.1, -0.05) is 0 Å². The van der Waals surface area contributed by atoms with Crippen molar-refractivity contribution in [1.29, 1.82) is 0 Å². The van der Waals surface area contributed by atoms with Crippen molar-refractivity contribution in [2.24, 2.45) is 5.73 Å². The Labute approximate surface area is 60.6 Å². The van der Waals surface area contributed by atoms with Crippen LogP contribution in [0.15, 0.2) is 0 Å². The van der Waals surface area contributed by atoms with Gasteiger partial charge in [-0.3, -0.25) is 9.59 Å². The summed E-state index contributed by atoms with van der Waals surface area (Å²) in [7, 11) is 0. The fraction of sp³-hybridized carbons (Fsp3) is 0.714. The Balaban J connectivity index is 3.31. The quantitative estimate of drug-likeness (QED) is 0.444. The van der Waals surface area contributed by atoms with Crippen molar-refractivity contribution in [2.45, 2.75) is 26.2 Å². The Bertz CT molecular complexity index is 132. The summed E-state index contributed by atoms with van der Waals surface area (Å²) in [6, 6.07) is 0. The maximum atomic E-state index is 10.6. The third-order valence-corrected chi connectivity index (χ3v) is 1.25. The molecule has 10 heavy (non-hydrogen) atoms. The van der Waals surface area contributed by atoms with Crippen LogP contribution in [-0.2, 0) is 9.59 Å². The van der Waals surface area contributed by atoms with Crippen molar-refractivity contribution in [2.75, 3.05) is 6.54 Å². The summed E-state index contributed by atoms with van der Waals surface area (Å²) in [6.07, 6.45) is 1.90. The van der Waals surface area contributed by atoms with Gasteiger partial charge in [0.25, 0.3) is 0 Å². The van der Waals surface area contributed by atoms with E-state index in [4.69, 9.17) is 5.73 Å². The maximum Gasteiger partial charge on any atom is 0.198 e. The third-order valence-electron chi connectivity index (χ3n) is 1.25. The van der Waals surface area contributed by atoms with Crippen LogP contribution in [-0.4, -0.2) is 18.1 Å². The van der Waals surface area contributed by atoms with Crippen molar-refractivity contribution >= 4 is 11.6 Å². The van der Waals surface area contributed by atoms with E-state index in [0.29, 0.717) is 13.0 Å². The zero-order valence-electron chi connectivity index (χ0n) is 6.22. The van der Waals surface area contributed by atoms with Crippen molar-refractivity contribution in [3.63, 3.8) is 0 Å². The minimum atomic E-state index is -0.350. The van der Waals surface area contributed by atoms with E-state index in [1.807, 2.05) is 0 Å². The van der Waals surface area contributed by atoms with E-state index in [-0.39, 0.29) is 11.6 Å². The van der Waals surface area contributed by atoms with Crippen LogP contribution in [0.3, 0.4) is 0 Å². The molecule has 0 spiro atoms. The molecule has 3 nitrogen and oxygen atoms in total. The smallest absolute Gasteiger partial charge is 0.198 e. The second-order valence-corrected chi connectivity index (χ2v) is 2.23. The first kappa shape index (κ1) is 9.30. The lowest BCUT2D eigenvalue weighted by Gasteiger charge is -1.93. The number of nitrogens with two attached hydrogens (primary N) is 1. The monoisotopic (exact) mass is 143 g/mol. The van der Waals surface area contributed by atoms with Gasteiger partial charge in [-0.25, -0.2) is 0 Å². The SMILES string of the molecule is CC(=O)C(=O)CCCCN. The molecule has 0 radical (unpaired) electrons. The normalized spacial score (nSPS) is 9.40. The molecule has 2 N–H and O–H groups in total. The standard InChI is InChI=1S/C7H13NO2/c1-6(9)7(10)4-2-3-5-8/h2-5,8H2,1H3. The Morgan fingerprint density at radius 1 is 1.30 bits per heavy atom. The highest BCUT2D eigenvalue weighted by atomic mass is 16.2. The van der Waals surface area contributed by atoms with E-state index < -0.39 is 0 Å². The summed E-state index contributed by atoms with van der Waals surface area (Å²) in [5.74, 6) is -0.634. The molecular formula is C7H13NO2. The minimum absolute atomic E-state index is 0.284. The number of carbonyl (C=O) groups is 2.